The number of nitrogens with zero attached hydrogens (tertiary/aromatic N) is 9. The molecule has 2 fully saturated rings. The highest BCUT2D eigenvalue weighted by Crippen LogP contribution is 2.47. The van der Waals surface area contributed by atoms with Crippen LogP contribution in [-0.4, -0.2) is 107 Å². The molecule has 2 amide bonds. The summed E-state index contributed by atoms with van der Waals surface area (Å²) in [5.74, 6) is -0.139. The molecule has 20 nitrogen and oxygen atoms in total. The first-order valence-electron chi connectivity index (χ1n) is 20.4. The molecule has 0 aliphatic carbocycles. The van der Waals surface area contributed by atoms with E-state index in [0.29, 0.717) is 46.3 Å². The van der Waals surface area contributed by atoms with Crippen LogP contribution in [0.25, 0.3) is 27.2 Å². The van der Waals surface area contributed by atoms with Gasteiger partial charge in [-0.05, 0) is 52.0 Å². The van der Waals surface area contributed by atoms with Crippen molar-refractivity contribution in [2.75, 3.05) is 30.6 Å². The van der Waals surface area contributed by atoms with Gasteiger partial charge in [0.1, 0.15) is 37.3 Å². The van der Waals surface area contributed by atoms with Crippen molar-refractivity contribution in [1.82, 2.24) is 39.0 Å². The fraction of sp³-hybridized carbons (Fsp3) is 0.405. The average molecular weight is 880 g/mol. The minimum atomic E-state index is -2.12. The lowest BCUT2D eigenvalue weighted by molar-refractivity contribution is -0.0794. The molecule has 6 heterocycles. The summed E-state index contributed by atoms with van der Waals surface area (Å²) < 4.78 is 47.6. The summed E-state index contributed by atoms with van der Waals surface area (Å²) in [5.41, 5.74) is 2.64. The second kappa shape index (κ2) is 20.1. The second-order valence-electron chi connectivity index (χ2n) is 15.1. The van der Waals surface area contributed by atoms with E-state index in [2.05, 4.69) is 45.4 Å². The van der Waals surface area contributed by atoms with Crippen LogP contribution in [0.3, 0.4) is 0 Å². The van der Waals surface area contributed by atoms with E-state index in [1.54, 1.807) is 70.3 Å². The van der Waals surface area contributed by atoms with E-state index in [4.69, 9.17) is 39.1 Å². The molecule has 63 heavy (non-hydrogen) atoms. The number of benzene rings is 2. The van der Waals surface area contributed by atoms with Crippen molar-refractivity contribution in [2.45, 2.75) is 89.6 Å². The summed E-state index contributed by atoms with van der Waals surface area (Å²) >= 11 is 0. The van der Waals surface area contributed by atoms with E-state index in [1.165, 1.54) is 12.7 Å². The van der Waals surface area contributed by atoms with Gasteiger partial charge in [-0.15, -0.1) is 0 Å². The third kappa shape index (κ3) is 10.3. The highest BCUT2D eigenvalue weighted by Gasteiger charge is 2.43. The number of hydrogen-bond donors (Lipinski definition) is 2. The standard InChI is InChI=1S/C42H46N11O9P/c1-25(2)56-18-31-30(17-34(60-31)53-23-49-36-38(45-21-47-40(36)53)51-42(55)28-14-10-7-11-15-28)62-63(58-24-43-5)57-19-32-29(59-26(3)4)16-33(61-32)52-22-48-35-37(44-20-46-39(35)52)50-41(54)27-12-8-6-9-13-27/h6-15,20-23,25-26,29-34H,16-19,24H2,1-4H3,(H,44,46,50,54)(H,45,47,51,55)/t29-,30-,31-,32-,33-,34-,63?/m1/s1. The fourth-order valence-electron chi connectivity index (χ4n) is 7.20. The van der Waals surface area contributed by atoms with Crippen LogP contribution in [0.2, 0.25) is 0 Å². The van der Waals surface area contributed by atoms with Crippen LogP contribution in [0.5, 0.6) is 0 Å². The number of aromatic nitrogens is 8. The molecular weight excluding hydrogens is 834 g/mol. The minimum Gasteiger partial charge on any atom is -0.376 e. The van der Waals surface area contributed by atoms with Gasteiger partial charge in [0, 0.05) is 24.0 Å². The summed E-state index contributed by atoms with van der Waals surface area (Å²) in [6.07, 6.45) is 3.11. The van der Waals surface area contributed by atoms with Crippen LogP contribution in [0.4, 0.5) is 11.6 Å². The van der Waals surface area contributed by atoms with Crippen molar-refractivity contribution >= 4 is 54.4 Å². The molecule has 2 aromatic carbocycles. The number of imidazole rings is 2. The van der Waals surface area contributed by atoms with Crippen LogP contribution >= 0.6 is 8.60 Å². The number of hydrogen-bond acceptors (Lipinski definition) is 15. The molecule has 6 aromatic rings. The topological polar surface area (TPSA) is 214 Å². The Bertz CT molecular complexity index is 2540. The number of amides is 2. The van der Waals surface area contributed by atoms with Crippen LogP contribution < -0.4 is 10.6 Å². The largest absolute Gasteiger partial charge is 0.376 e. The van der Waals surface area contributed by atoms with E-state index in [9.17, 15) is 9.59 Å². The van der Waals surface area contributed by atoms with Crippen LogP contribution in [0.1, 0.15) is 73.7 Å². The lowest BCUT2D eigenvalue weighted by Gasteiger charge is -2.25. The highest BCUT2D eigenvalue weighted by molar-refractivity contribution is 7.41. The molecule has 2 saturated heterocycles. The third-order valence-corrected chi connectivity index (χ3v) is 11.2. The van der Waals surface area contributed by atoms with Crippen molar-refractivity contribution in [3.05, 3.63) is 109 Å². The van der Waals surface area contributed by atoms with Crippen LogP contribution in [0, 0.1) is 6.57 Å². The van der Waals surface area contributed by atoms with Gasteiger partial charge in [-0.3, -0.25) is 23.6 Å². The molecule has 8 rings (SSSR count). The van der Waals surface area contributed by atoms with Crippen molar-refractivity contribution < 1.29 is 42.1 Å². The highest BCUT2D eigenvalue weighted by atomic mass is 31.2. The van der Waals surface area contributed by atoms with E-state index < -0.39 is 45.5 Å². The molecule has 2 N–H and O–H groups in total. The molecule has 4 aromatic heterocycles. The summed E-state index contributed by atoms with van der Waals surface area (Å²) in [6, 6.07) is 17.6. The molecule has 0 spiro atoms. The number of carbonyl (C=O) groups excluding carboxylic acids is 2. The number of anilines is 2. The van der Waals surface area contributed by atoms with Crippen molar-refractivity contribution in [1.29, 1.82) is 0 Å². The van der Waals surface area contributed by atoms with Gasteiger partial charge >= 0.3 is 15.3 Å². The Morgan fingerprint density at radius 2 is 1.25 bits per heavy atom. The molecule has 7 atom stereocenters. The quantitative estimate of drug-likeness (QED) is 0.0698. The zero-order valence-electron chi connectivity index (χ0n) is 34.9. The van der Waals surface area contributed by atoms with Crippen LogP contribution in [-0.2, 0) is 32.5 Å². The number of fused-ring (bicyclic) bond motifs is 2. The maximum atomic E-state index is 13.0. The summed E-state index contributed by atoms with van der Waals surface area (Å²) in [6.45, 7) is 15.1. The number of ether oxygens (including phenoxy) is 4. The van der Waals surface area contributed by atoms with Gasteiger partial charge in [0.2, 0.25) is 0 Å². The molecule has 1 unspecified atom stereocenters. The number of nitrogens with one attached hydrogen (secondary N) is 2. The zero-order chi connectivity index (χ0) is 43.9. The predicted molar refractivity (Wildman–Crippen MR) is 228 cm³/mol. The Morgan fingerprint density at radius 1 is 0.730 bits per heavy atom. The summed E-state index contributed by atoms with van der Waals surface area (Å²) in [7, 11) is -2.12. The number of carbonyl (C=O) groups is 2. The SMILES string of the molecule is [C-]#[N+]COP(OC[C@H]1O[C@@H](n2cnc3c(NC(=O)c4ccccc4)ncnc32)C[C@H]1OC(C)C)O[C@@H]1C[C@H](n2cnc3c(NC(=O)c4ccccc4)ncnc32)O[C@@H]1COC(C)C. The Balaban J connectivity index is 0.967. The maximum Gasteiger partial charge on any atom is 0.339 e. The Morgan fingerprint density at radius 3 is 1.76 bits per heavy atom. The Labute approximate surface area is 363 Å². The van der Waals surface area contributed by atoms with Crippen LogP contribution in [0.15, 0.2) is 86.0 Å². The van der Waals surface area contributed by atoms with E-state index in [1.807, 2.05) is 39.8 Å². The van der Waals surface area contributed by atoms with Gasteiger partial charge < -0.3 is 38.6 Å². The first-order chi connectivity index (χ1) is 30.6. The average Bonchev–Trinajstić information content (AvgIpc) is 4.10. The Hall–Kier alpha value is -5.88. The first kappa shape index (κ1) is 43.8. The van der Waals surface area contributed by atoms with Crippen molar-refractivity contribution in [3.8, 4) is 0 Å². The van der Waals surface area contributed by atoms with Crippen molar-refractivity contribution in [3.63, 3.8) is 0 Å². The predicted octanol–water partition coefficient (Wildman–Crippen LogP) is 6.49. The van der Waals surface area contributed by atoms with Gasteiger partial charge in [-0.25, -0.2) is 41.0 Å². The molecule has 2 aliphatic rings. The minimum absolute atomic E-state index is 0.00229. The molecule has 2 aliphatic heterocycles. The molecule has 0 bridgehead atoms. The van der Waals surface area contributed by atoms with Gasteiger partial charge in [-0.2, -0.15) is 0 Å². The molecule has 0 saturated carbocycles. The third-order valence-electron chi connectivity index (χ3n) is 10.1. The zero-order valence-corrected chi connectivity index (χ0v) is 35.8. The normalized spacial score (nSPS) is 21.6. The lowest BCUT2D eigenvalue weighted by Crippen LogP contribution is -2.32. The summed E-state index contributed by atoms with van der Waals surface area (Å²) in [5, 5.41) is 5.67. The van der Waals surface area contributed by atoms with Gasteiger partial charge in [0.25, 0.3) is 11.8 Å². The first-order valence-corrected chi connectivity index (χ1v) is 21.5. The Kier molecular flexibility index (Phi) is 14.0. The smallest absolute Gasteiger partial charge is 0.339 e. The monoisotopic (exact) mass is 879 g/mol. The van der Waals surface area contributed by atoms with E-state index in [-0.39, 0.29) is 55.6 Å². The lowest BCUT2D eigenvalue weighted by atomic mass is 10.2. The van der Waals surface area contributed by atoms with Gasteiger partial charge in [0.05, 0.1) is 50.3 Å². The van der Waals surface area contributed by atoms with E-state index in [0.717, 1.165) is 0 Å². The fourth-order valence-corrected chi connectivity index (χ4v) is 8.26. The van der Waals surface area contributed by atoms with E-state index >= 15 is 0 Å². The second-order valence-corrected chi connectivity index (χ2v) is 16.3. The molecule has 0 radical (unpaired) electrons. The number of rotatable bonds is 18. The van der Waals surface area contributed by atoms with Gasteiger partial charge in [-0.1, -0.05) is 36.4 Å². The molecule has 21 heteroatoms. The maximum absolute atomic E-state index is 13.0. The van der Waals surface area contributed by atoms with Gasteiger partial charge in [0.15, 0.2) is 34.0 Å². The molecule has 328 valence electrons. The molecular formula is C42H46N11O9P. The summed E-state index contributed by atoms with van der Waals surface area (Å²) in [4.78, 5) is 55.9. The van der Waals surface area contributed by atoms with Crippen molar-refractivity contribution in [2.24, 2.45) is 0 Å².